The van der Waals surface area contributed by atoms with E-state index in [0.29, 0.717) is 26.2 Å². The number of hydrogen-bond acceptors (Lipinski definition) is 3. The van der Waals surface area contributed by atoms with Crippen molar-refractivity contribution in [3.63, 3.8) is 0 Å². The van der Waals surface area contributed by atoms with Crippen molar-refractivity contribution >= 4 is 29.9 Å². The molecule has 1 amide bonds. The highest BCUT2D eigenvalue weighted by molar-refractivity contribution is 6.30. The number of halogens is 2. The van der Waals surface area contributed by atoms with Crippen LogP contribution in [0.1, 0.15) is 31.7 Å². The summed E-state index contributed by atoms with van der Waals surface area (Å²) in [7, 11) is 0. The molecule has 0 radical (unpaired) electrons. The summed E-state index contributed by atoms with van der Waals surface area (Å²) in [5.41, 5.74) is 6.73. The van der Waals surface area contributed by atoms with E-state index in [1.807, 2.05) is 25.1 Å². The van der Waals surface area contributed by atoms with Gasteiger partial charge in [-0.25, -0.2) is 0 Å². The second kappa shape index (κ2) is 8.73. The topological polar surface area (TPSA) is 64.4 Å². The molecule has 1 saturated heterocycles. The number of benzene rings is 1. The number of ether oxygens (including phenoxy) is 1. The maximum absolute atomic E-state index is 11.9. The molecule has 6 heteroatoms. The van der Waals surface area contributed by atoms with Gasteiger partial charge in [0.05, 0.1) is 0 Å². The highest BCUT2D eigenvalue weighted by Crippen LogP contribution is 2.35. The summed E-state index contributed by atoms with van der Waals surface area (Å²) in [6.07, 6.45) is 2.11. The van der Waals surface area contributed by atoms with Crippen LogP contribution in [0.2, 0.25) is 5.02 Å². The van der Waals surface area contributed by atoms with Crippen LogP contribution < -0.4 is 11.1 Å². The number of amides is 1. The fourth-order valence-corrected chi connectivity index (χ4v) is 2.97. The van der Waals surface area contributed by atoms with Gasteiger partial charge < -0.3 is 15.8 Å². The summed E-state index contributed by atoms with van der Waals surface area (Å²) in [6.45, 7) is 3.84. The maximum atomic E-state index is 11.9. The van der Waals surface area contributed by atoms with Crippen LogP contribution in [-0.2, 0) is 14.9 Å². The van der Waals surface area contributed by atoms with Crippen molar-refractivity contribution in [2.75, 3.05) is 19.8 Å². The first-order valence-electron chi connectivity index (χ1n) is 7.38. The first kappa shape index (κ1) is 19.2. The number of nitrogens with one attached hydrogen (secondary N) is 1. The minimum Gasteiger partial charge on any atom is -0.381 e. The molecule has 1 aromatic rings. The Balaban J connectivity index is 0.00000242. The molecule has 0 bridgehead atoms. The van der Waals surface area contributed by atoms with Crippen LogP contribution >= 0.6 is 24.0 Å². The Morgan fingerprint density at radius 1 is 1.45 bits per heavy atom. The zero-order valence-electron chi connectivity index (χ0n) is 12.8. The molecule has 3 N–H and O–H groups in total. The SMILES string of the molecule is CC(N)CC(=O)NCC1(c2cccc(Cl)c2)CCOCC1.Cl. The van der Waals surface area contributed by atoms with Gasteiger partial charge in [0.15, 0.2) is 0 Å². The molecule has 4 nitrogen and oxygen atoms in total. The fourth-order valence-electron chi connectivity index (χ4n) is 2.78. The monoisotopic (exact) mass is 346 g/mol. The second-order valence-corrected chi connectivity index (χ2v) is 6.30. The van der Waals surface area contributed by atoms with Gasteiger partial charge in [0, 0.05) is 42.7 Å². The number of carbonyl (C=O) groups is 1. The average molecular weight is 347 g/mol. The lowest BCUT2D eigenvalue weighted by atomic mass is 9.74. The van der Waals surface area contributed by atoms with Gasteiger partial charge in [0.2, 0.25) is 5.91 Å². The number of carbonyl (C=O) groups excluding carboxylic acids is 1. The Morgan fingerprint density at radius 2 is 2.14 bits per heavy atom. The van der Waals surface area contributed by atoms with Crippen molar-refractivity contribution in [3.8, 4) is 0 Å². The molecule has 1 aliphatic heterocycles. The van der Waals surface area contributed by atoms with Gasteiger partial charge in [-0.1, -0.05) is 23.7 Å². The molecule has 1 aliphatic rings. The first-order chi connectivity index (χ1) is 10.0. The molecule has 1 atom stereocenters. The first-order valence-corrected chi connectivity index (χ1v) is 7.76. The second-order valence-electron chi connectivity index (χ2n) is 5.86. The fraction of sp³-hybridized carbons (Fsp3) is 0.562. The third-order valence-corrected chi connectivity index (χ3v) is 4.25. The molecule has 0 saturated carbocycles. The van der Waals surface area contributed by atoms with E-state index in [9.17, 15) is 4.79 Å². The summed E-state index contributed by atoms with van der Waals surface area (Å²) in [5.74, 6) is -0.00195. The van der Waals surface area contributed by atoms with Crippen molar-refractivity contribution in [3.05, 3.63) is 34.9 Å². The van der Waals surface area contributed by atoms with Crippen LogP contribution in [0.3, 0.4) is 0 Å². The largest absolute Gasteiger partial charge is 0.381 e. The zero-order valence-corrected chi connectivity index (χ0v) is 14.4. The quantitative estimate of drug-likeness (QED) is 0.861. The lowest BCUT2D eigenvalue weighted by Gasteiger charge is -2.38. The van der Waals surface area contributed by atoms with E-state index in [4.69, 9.17) is 22.1 Å². The third kappa shape index (κ3) is 5.13. The van der Waals surface area contributed by atoms with Crippen molar-refractivity contribution in [1.29, 1.82) is 0 Å². The van der Waals surface area contributed by atoms with Crippen LogP contribution in [-0.4, -0.2) is 31.7 Å². The molecule has 0 spiro atoms. The van der Waals surface area contributed by atoms with Gasteiger partial charge in [0.1, 0.15) is 0 Å². The number of hydrogen-bond donors (Lipinski definition) is 2. The van der Waals surface area contributed by atoms with Crippen LogP contribution in [0.25, 0.3) is 0 Å². The smallest absolute Gasteiger partial charge is 0.221 e. The van der Waals surface area contributed by atoms with Crippen molar-refractivity contribution < 1.29 is 9.53 Å². The Morgan fingerprint density at radius 3 is 2.73 bits per heavy atom. The molecule has 2 rings (SSSR count). The molecule has 124 valence electrons. The van der Waals surface area contributed by atoms with E-state index in [2.05, 4.69) is 11.4 Å². The Kier molecular flexibility index (Phi) is 7.63. The van der Waals surface area contributed by atoms with E-state index < -0.39 is 0 Å². The van der Waals surface area contributed by atoms with E-state index in [1.54, 1.807) is 0 Å². The van der Waals surface area contributed by atoms with Crippen molar-refractivity contribution in [1.82, 2.24) is 5.32 Å². The van der Waals surface area contributed by atoms with Crippen LogP contribution in [0, 0.1) is 0 Å². The molecular weight excluding hydrogens is 323 g/mol. The van der Waals surface area contributed by atoms with Gasteiger partial charge in [-0.15, -0.1) is 12.4 Å². The average Bonchev–Trinajstić information content (AvgIpc) is 2.45. The zero-order chi connectivity index (χ0) is 15.3. The molecule has 1 heterocycles. The van der Waals surface area contributed by atoms with Gasteiger partial charge in [-0.05, 0) is 37.5 Å². The van der Waals surface area contributed by atoms with Crippen LogP contribution in [0.4, 0.5) is 0 Å². The Bertz CT molecular complexity index is 489. The van der Waals surface area contributed by atoms with Gasteiger partial charge in [-0.2, -0.15) is 0 Å². The van der Waals surface area contributed by atoms with Crippen molar-refractivity contribution in [2.24, 2.45) is 5.73 Å². The highest BCUT2D eigenvalue weighted by Gasteiger charge is 2.35. The molecule has 0 aliphatic carbocycles. The summed E-state index contributed by atoms with van der Waals surface area (Å²) >= 11 is 6.12. The van der Waals surface area contributed by atoms with Crippen molar-refractivity contribution in [2.45, 2.75) is 37.6 Å². The standard InChI is InChI=1S/C16H23ClN2O2.ClH/c1-12(18)9-15(20)19-11-16(5-7-21-8-6-16)13-3-2-4-14(17)10-13;/h2-4,10,12H,5-9,11,18H2,1H3,(H,19,20);1H. The van der Waals surface area contributed by atoms with E-state index in [0.717, 1.165) is 17.9 Å². The summed E-state index contributed by atoms with van der Waals surface area (Å²) < 4.78 is 5.48. The predicted molar refractivity (Wildman–Crippen MR) is 91.7 cm³/mol. The Hall–Kier alpha value is -0.810. The highest BCUT2D eigenvalue weighted by atomic mass is 35.5. The summed E-state index contributed by atoms with van der Waals surface area (Å²) in [4.78, 5) is 11.9. The maximum Gasteiger partial charge on any atom is 0.221 e. The molecular formula is C16H24Cl2N2O2. The molecule has 1 fully saturated rings. The normalized spacial score (nSPS) is 18.1. The minimum absolute atomic E-state index is 0. The van der Waals surface area contributed by atoms with Gasteiger partial charge >= 0.3 is 0 Å². The molecule has 22 heavy (non-hydrogen) atoms. The number of nitrogens with two attached hydrogens (primary N) is 1. The molecule has 0 aromatic heterocycles. The third-order valence-electron chi connectivity index (χ3n) is 4.02. The molecule has 1 unspecified atom stereocenters. The molecule has 1 aromatic carbocycles. The Labute approximate surface area is 143 Å². The van der Waals surface area contributed by atoms with E-state index in [-0.39, 0.29) is 29.8 Å². The summed E-state index contributed by atoms with van der Waals surface area (Å²) in [6, 6.07) is 7.77. The van der Waals surface area contributed by atoms with Crippen LogP contribution in [0.5, 0.6) is 0 Å². The van der Waals surface area contributed by atoms with E-state index in [1.165, 1.54) is 5.56 Å². The lowest BCUT2D eigenvalue weighted by molar-refractivity contribution is -0.121. The van der Waals surface area contributed by atoms with Crippen LogP contribution in [0.15, 0.2) is 24.3 Å². The predicted octanol–water partition coefficient (Wildman–Crippen LogP) is 2.66. The summed E-state index contributed by atoms with van der Waals surface area (Å²) in [5, 5.41) is 3.75. The minimum atomic E-state index is -0.123. The number of rotatable bonds is 5. The van der Waals surface area contributed by atoms with E-state index >= 15 is 0 Å². The van der Waals surface area contributed by atoms with Gasteiger partial charge in [-0.3, -0.25) is 4.79 Å². The lowest BCUT2D eigenvalue weighted by Crippen LogP contribution is -2.45. The van der Waals surface area contributed by atoms with Gasteiger partial charge in [0.25, 0.3) is 0 Å².